The van der Waals surface area contributed by atoms with E-state index in [9.17, 15) is 13.2 Å². The molecule has 0 bridgehead atoms. The fraction of sp³-hybridized carbons (Fsp3) is 0.294. The summed E-state index contributed by atoms with van der Waals surface area (Å²) in [4.78, 5) is 0. The van der Waals surface area contributed by atoms with Gasteiger partial charge in [0.2, 0.25) is 0 Å². The molecule has 0 aliphatic rings. The molecule has 1 nitrogen and oxygen atoms in total. The molecule has 1 atom stereocenters. The van der Waals surface area contributed by atoms with Crippen molar-refractivity contribution in [1.29, 1.82) is 0 Å². The van der Waals surface area contributed by atoms with E-state index in [0.717, 1.165) is 23.6 Å². The highest BCUT2D eigenvalue weighted by atomic mass is 19.2. The van der Waals surface area contributed by atoms with Crippen LogP contribution in [0.5, 0.6) is 0 Å². The molecule has 2 rings (SSSR count). The van der Waals surface area contributed by atoms with E-state index < -0.39 is 23.5 Å². The summed E-state index contributed by atoms with van der Waals surface area (Å²) >= 11 is 0. The summed E-state index contributed by atoms with van der Waals surface area (Å²) in [5.41, 5.74) is 2.05. The number of halogens is 3. The van der Waals surface area contributed by atoms with E-state index in [1.165, 1.54) is 6.07 Å². The Kier molecular flexibility index (Phi) is 5.02. The third-order valence-corrected chi connectivity index (χ3v) is 3.53. The Labute approximate surface area is 122 Å². The molecule has 112 valence electrons. The van der Waals surface area contributed by atoms with Crippen LogP contribution in [-0.2, 0) is 6.42 Å². The molecule has 4 heteroatoms. The van der Waals surface area contributed by atoms with Crippen LogP contribution in [0.1, 0.15) is 36.6 Å². The van der Waals surface area contributed by atoms with Gasteiger partial charge in [-0.25, -0.2) is 13.2 Å². The second-order valence-corrected chi connectivity index (χ2v) is 4.81. The molecule has 0 aliphatic heterocycles. The van der Waals surface area contributed by atoms with Crippen LogP contribution in [0.3, 0.4) is 0 Å². The maximum absolute atomic E-state index is 14.1. The highest BCUT2D eigenvalue weighted by Crippen LogP contribution is 2.29. The fourth-order valence-corrected chi connectivity index (χ4v) is 2.49. The van der Waals surface area contributed by atoms with Gasteiger partial charge >= 0.3 is 0 Å². The first-order chi connectivity index (χ1) is 10.1. The second-order valence-electron chi connectivity index (χ2n) is 4.81. The minimum Gasteiger partial charge on any atom is -0.306 e. The summed E-state index contributed by atoms with van der Waals surface area (Å²) in [7, 11) is 0. The summed E-state index contributed by atoms with van der Waals surface area (Å²) in [6.45, 7) is 4.48. The van der Waals surface area contributed by atoms with Crippen molar-refractivity contribution in [3.05, 3.63) is 70.5 Å². The predicted molar refractivity (Wildman–Crippen MR) is 77.7 cm³/mol. The molecule has 0 spiro atoms. The molecule has 0 amide bonds. The lowest BCUT2D eigenvalue weighted by molar-refractivity contribution is 0.433. The standard InChI is InChI=1S/C17H18F3N/c1-3-11-7-5-6-8-12(11)17(21-4-2)13-9-10-14(18)16(20)15(13)19/h5-10,17,21H,3-4H2,1-2H3. The van der Waals surface area contributed by atoms with Crippen LogP contribution < -0.4 is 5.32 Å². The molecule has 0 fully saturated rings. The molecule has 1 unspecified atom stereocenters. The average Bonchev–Trinajstić information content (AvgIpc) is 2.51. The molecule has 1 N–H and O–H groups in total. The Hall–Kier alpha value is -1.81. The zero-order valence-corrected chi connectivity index (χ0v) is 12.1. The Balaban J connectivity index is 2.56. The van der Waals surface area contributed by atoms with Gasteiger partial charge in [-0.05, 0) is 30.2 Å². The van der Waals surface area contributed by atoms with Gasteiger partial charge in [-0.3, -0.25) is 0 Å². The fourth-order valence-electron chi connectivity index (χ4n) is 2.49. The van der Waals surface area contributed by atoms with Crippen molar-refractivity contribution in [3.8, 4) is 0 Å². The SMILES string of the molecule is CCNC(c1ccccc1CC)c1ccc(F)c(F)c1F. The van der Waals surface area contributed by atoms with E-state index in [2.05, 4.69) is 5.32 Å². The van der Waals surface area contributed by atoms with E-state index in [-0.39, 0.29) is 5.56 Å². The van der Waals surface area contributed by atoms with Crippen LogP contribution in [0.25, 0.3) is 0 Å². The molecule has 0 aromatic heterocycles. The number of hydrogen-bond donors (Lipinski definition) is 1. The Morgan fingerprint density at radius 2 is 1.62 bits per heavy atom. The molecule has 0 heterocycles. The lowest BCUT2D eigenvalue weighted by atomic mass is 9.92. The minimum absolute atomic E-state index is 0.122. The van der Waals surface area contributed by atoms with Crippen LogP contribution in [0.15, 0.2) is 36.4 Å². The summed E-state index contributed by atoms with van der Waals surface area (Å²) < 4.78 is 40.7. The molecule has 0 saturated heterocycles. The van der Waals surface area contributed by atoms with Gasteiger partial charge in [0.1, 0.15) is 0 Å². The van der Waals surface area contributed by atoms with Gasteiger partial charge in [-0.15, -0.1) is 0 Å². The molecule has 0 aliphatic carbocycles. The highest BCUT2D eigenvalue weighted by Gasteiger charge is 2.23. The normalized spacial score (nSPS) is 12.4. The zero-order chi connectivity index (χ0) is 15.4. The molecular formula is C17H18F3N. The van der Waals surface area contributed by atoms with Gasteiger partial charge in [0, 0.05) is 5.56 Å². The molecule has 2 aromatic carbocycles. The van der Waals surface area contributed by atoms with Crippen molar-refractivity contribution in [1.82, 2.24) is 5.32 Å². The topological polar surface area (TPSA) is 12.0 Å². The maximum atomic E-state index is 14.1. The van der Waals surface area contributed by atoms with Gasteiger partial charge in [-0.2, -0.15) is 0 Å². The average molecular weight is 293 g/mol. The first kappa shape index (κ1) is 15.6. The predicted octanol–water partition coefficient (Wildman–Crippen LogP) is 4.37. The van der Waals surface area contributed by atoms with Crippen molar-refractivity contribution in [2.75, 3.05) is 6.54 Å². The monoisotopic (exact) mass is 293 g/mol. The van der Waals surface area contributed by atoms with Crippen molar-refractivity contribution >= 4 is 0 Å². The molecule has 2 aromatic rings. The highest BCUT2D eigenvalue weighted by molar-refractivity contribution is 5.38. The zero-order valence-electron chi connectivity index (χ0n) is 12.1. The number of aryl methyl sites for hydroxylation is 1. The molecule has 0 radical (unpaired) electrons. The van der Waals surface area contributed by atoms with E-state index in [1.54, 1.807) is 0 Å². The Morgan fingerprint density at radius 1 is 0.905 bits per heavy atom. The third-order valence-electron chi connectivity index (χ3n) is 3.53. The van der Waals surface area contributed by atoms with Crippen molar-refractivity contribution in [2.45, 2.75) is 26.3 Å². The molecule has 0 saturated carbocycles. The van der Waals surface area contributed by atoms with Gasteiger partial charge in [-0.1, -0.05) is 44.2 Å². The smallest absolute Gasteiger partial charge is 0.194 e. The quantitative estimate of drug-likeness (QED) is 0.807. The number of hydrogen-bond acceptors (Lipinski definition) is 1. The third kappa shape index (κ3) is 3.10. The van der Waals surface area contributed by atoms with E-state index in [1.807, 2.05) is 38.1 Å². The number of rotatable bonds is 5. The Bertz CT molecular complexity index is 625. The van der Waals surface area contributed by atoms with E-state index in [0.29, 0.717) is 6.54 Å². The van der Waals surface area contributed by atoms with Gasteiger partial charge < -0.3 is 5.32 Å². The summed E-state index contributed by atoms with van der Waals surface area (Å²) in [5, 5.41) is 3.15. The lowest BCUT2D eigenvalue weighted by Gasteiger charge is -2.22. The van der Waals surface area contributed by atoms with Crippen LogP contribution >= 0.6 is 0 Å². The van der Waals surface area contributed by atoms with E-state index >= 15 is 0 Å². The van der Waals surface area contributed by atoms with Crippen molar-refractivity contribution in [3.63, 3.8) is 0 Å². The minimum atomic E-state index is -1.43. The number of benzene rings is 2. The Morgan fingerprint density at radius 3 is 2.29 bits per heavy atom. The van der Waals surface area contributed by atoms with Crippen LogP contribution in [0.4, 0.5) is 13.2 Å². The van der Waals surface area contributed by atoms with E-state index in [4.69, 9.17) is 0 Å². The van der Waals surface area contributed by atoms with Gasteiger partial charge in [0.25, 0.3) is 0 Å². The second kappa shape index (κ2) is 6.76. The largest absolute Gasteiger partial charge is 0.306 e. The number of nitrogens with one attached hydrogen (secondary N) is 1. The molecule has 21 heavy (non-hydrogen) atoms. The van der Waals surface area contributed by atoms with Crippen molar-refractivity contribution in [2.24, 2.45) is 0 Å². The van der Waals surface area contributed by atoms with Crippen LogP contribution in [0, 0.1) is 17.5 Å². The first-order valence-electron chi connectivity index (χ1n) is 7.04. The maximum Gasteiger partial charge on any atom is 0.194 e. The molecular weight excluding hydrogens is 275 g/mol. The summed E-state index contributed by atoms with van der Waals surface area (Å²) in [5.74, 6) is -3.73. The summed E-state index contributed by atoms with van der Waals surface area (Å²) in [6, 6.07) is 9.37. The summed E-state index contributed by atoms with van der Waals surface area (Å²) in [6.07, 6.45) is 0.781. The van der Waals surface area contributed by atoms with Crippen LogP contribution in [-0.4, -0.2) is 6.54 Å². The first-order valence-corrected chi connectivity index (χ1v) is 7.04. The van der Waals surface area contributed by atoms with Crippen molar-refractivity contribution < 1.29 is 13.2 Å². The van der Waals surface area contributed by atoms with Crippen LogP contribution in [0.2, 0.25) is 0 Å². The van der Waals surface area contributed by atoms with Gasteiger partial charge in [0.05, 0.1) is 6.04 Å². The lowest BCUT2D eigenvalue weighted by Crippen LogP contribution is -2.24. The van der Waals surface area contributed by atoms with Gasteiger partial charge in [0.15, 0.2) is 17.5 Å².